The van der Waals surface area contributed by atoms with Crippen LogP contribution in [-0.2, 0) is 17.6 Å². The lowest BCUT2D eigenvalue weighted by Crippen LogP contribution is -2.37. The Bertz CT molecular complexity index is 1390. The van der Waals surface area contributed by atoms with Gasteiger partial charge in [0.25, 0.3) is 0 Å². The highest BCUT2D eigenvalue weighted by Crippen LogP contribution is 2.42. The Hall–Kier alpha value is -3.13. The first kappa shape index (κ1) is 38.7. The van der Waals surface area contributed by atoms with Crippen LogP contribution in [0.15, 0.2) is 60.7 Å². The Labute approximate surface area is 293 Å². The van der Waals surface area contributed by atoms with E-state index < -0.39 is 23.6 Å². The van der Waals surface area contributed by atoms with Gasteiger partial charge in [0.05, 0.1) is 23.7 Å². The molecule has 270 valence electrons. The van der Waals surface area contributed by atoms with Gasteiger partial charge in [0, 0.05) is 17.0 Å². The van der Waals surface area contributed by atoms with E-state index in [2.05, 4.69) is 11.9 Å². The minimum Gasteiger partial charge on any atom is -0.872 e. The minimum absolute atomic E-state index is 0.00389. The Balaban J connectivity index is 1.24. The average Bonchev–Trinajstić information content (AvgIpc) is 3.71. The highest BCUT2D eigenvalue weighted by atomic mass is 16.4. The normalized spacial score (nSPS) is 19.6. The molecule has 1 fully saturated rings. The fourth-order valence-corrected chi connectivity index (χ4v) is 7.84. The molecule has 3 aromatic rings. The topological polar surface area (TPSA) is 137 Å². The number of carboxylic acid groups (broad SMARTS) is 1. The lowest BCUT2D eigenvalue weighted by Gasteiger charge is -2.32. The summed E-state index contributed by atoms with van der Waals surface area (Å²) in [6, 6.07) is 19.4. The summed E-state index contributed by atoms with van der Waals surface area (Å²) < 4.78 is 0. The first-order valence-electron chi connectivity index (χ1n) is 19.0. The number of carboxylic acids is 1. The summed E-state index contributed by atoms with van der Waals surface area (Å²) in [6.45, 7) is 2.20. The number of hydrogen-bond donors (Lipinski definition) is 5. The van der Waals surface area contributed by atoms with Gasteiger partial charge in [-0.15, -0.1) is 5.75 Å². The summed E-state index contributed by atoms with van der Waals surface area (Å²) in [5.41, 5.74) is 3.64. The van der Waals surface area contributed by atoms with Crippen molar-refractivity contribution in [3.63, 3.8) is 0 Å². The third-order valence-corrected chi connectivity index (χ3v) is 10.9. The quantitative estimate of drug-likeness (QED) is 0.0642. The number of aliphatic carboxylic acids is 1. The fourth-order valence-electron chi connectivity index (χ4n) is 7.84. The van der Waals surface area contributed by atoms with E-state index in [9.17, 15) is 30.3 Å². The zero-order valence-electron chi connectivity index (χ0n) is 29.6. The molecule has 7 nitrogen and oxygen atoms in total. The second-order valence-corrected chi connectivity index (χ2v) is 14.6. The molecule has 0 bridgehead atoms. The molecule has 2 aromatic carbocycles. The lowest BCUT2D eigenvalue weighted by molar-refractivity contribution is -0.269. The zero-order valence-corrected chi connectivity index (χ0v) is 29.6. The first-order valence-corrected chi connectivity index (χ1v) is 19.0. The summed E-state index contributed by atoms with van der Waals surface area (Å²) in [5.74, 6) is -1.81. The fraction of sp³-hybridized carbons (Fsp3) is 0.595. The zero-order chi connectivity index (χ0) is 35.1. The maximum absolute atomic E-state index is 12.9. The summed E-state index contributed by atoms with van der Waals surface area (Å²) in [6.07, 6.45) is 14.5. The van der Waals surface area contributed by atoms with Crippen LogP contribution in [0.2, 0.25) is 0 Å². The number of benzene rings is 2. The lowest BCUT2D eigenvalue weighted by atomic mass is 9.81. The summed E-state index contributed by atoms with van der Waals surface area (Å²) >= 11 is 0. The number of aromatic nitrogens is 1. The molecule has 1 saturated carbocycles. The van der Waals surface area contributed by atoms with Crippen molar-refractivity contribution in [2.24, 2.45) is 11.8 Å². The van der Waals surface area contributed by atoms with Crippen molar-refractivity contribution in [2.75, 3.05) is 0 Å². The number of rotatable bonds is 23. The van der Waals surface area contributed by atoms with Gasteiger partial charge in [0.15, 0.2) is 0 Å². The van der Waals surface area contributed by atoms with Crippen LogP contribution in [0.5, 0.6) is 5.75 Å². The molecule has 0 saturated heterocycles. The van der Waals surface area contributed by atoms with Crippen LogP contribution in [0.1, 0.15) is 133 Å². The molecule has 5 N–H and O–H groups in total. The molecule has 0 radical (unpaired) electrons. The second-order valence-electron chi connectivity index (χ2n) is 14.6. The Morgan fingerprint density at radius 3 is 2.27 bits per heavy atom. The van der Waals surface area contributed by atoms with E-state index in [1.54, 1.807) is 12.1 Å². The molecule has 1 aliphatic rings. The van der Waals surface area contributed by atoms with E-state index in [0.29, 0.717) is 32.1 Å². The molecule has 1 aromatic heterocycles. The Morgan fingerprint density at radius 2 is 1.57 bits per heavy atom. The smallest absolute Gasteiger partial charge is 0.309 e. The van der Waals surface area contributed by atoms with E-state index in [1.165, 1.54) is 25.7 Å². The highest BCUT2D eigenvalue weighted by Gasteiger charge is 2.42. The van der Waals surface area contributed by atoms with Crippen LogP contribution in [0.25, 0.3) is 11.3 Å². The number of carbonyl (C=O) groups is 1. The SMILES string of the molecule is CCCCCCC[C@H](O)CCCCCC[C@H](C(=O)O)[C@H](O)CC[C@@]1(O)CCC[C@H]1Cc1ccc(-c2cccc([O-])c2Cc2ccccc2)[nH]1. The predicted octanol–water partition coefficient (Wildman–Crippen LogP) is 8.32. The third-order valence-electron chi connectivity index (χ3n) is 10.9. The van der Waals surface area contributed by atoms with E-state index in [-0.39, 0.29) is 24.2 Å². The minimum atomic E-state index is -1.00. The number of hydrogen-bond acceptors (Lipinski definition) is 5. The predicted molar refractivity (Wildman–Crippen MR) is 194 cm³/mol. The number of aliphatic hydroxyl groups excluding tert-OH is 2. The van der Waals surface area contributed by atoms with Crippen molar-refractivity contribution >= 4 is 5.97 Å². The second kappa shape index (κ2) is 19.9. The number of unbranched alkanes of at least 4 members (excludes halogenated alkanes) is 7. The molecule has 0 amide bonds. The third kappa shape index (κ3) is 12.0. The number of nitrogens with one attached hydrogen (secondary N) is 1. The monoisotopic (exact) mass is 674 g/mol. The molecule has 7 heteroatoms. The van der Waals surface area contributed by atoms with E-state index >= 15 is 0 Å². The van der Waals surface area contributed by atoms with Crippen LogP contribution in [0, 0.1) is 11.8 Å². The molecule has 49 heavy (non-hydrogen) atoms. The molecule has 0 aliphatic heterocycles. The molecule has 0 spiro atoms. The van der Waals surface area contributed by atoms with Crippen molar-refractivity contribution < 1.29 is 30.3 Å². The van der Waals surface area contributed by atoms with Crippen molar-refractivity contribution in [3.8, 4) is 17.0 Å². The molecule has 1 aliphatic carbocycles. The largest absolute Gasteiger partial charge is 0.872 e. The summed E-state index contributed by atoms with van der Waals surface area (Å²) in [4.78, 5) is 15.6. The van der Waals surface area contributed by atoms with Gasteiger partial charge in [0.1, 0.15) is 0 Å². The Kier molecular flexibility index (Phi) is 15.7. The van der Waals surface area contributed by atoms with Gasteiger partial charge in [0.2, 0.25) is 0 Å². The van der Waals surface area contributed by atoms with Gasteiger partial charge < -0.3 is 30.5 Å². The van der Waals surface area contributed by atoms with E-state index in [1.807, 2.05) is 48.5 Å². The first-order chi connectivity index (χ1) is 23.7. The maximum Gasteiger partial charge on any atom is 0.309 e. The summed E-state index contributed by atoms with van der Waals surface area (Å²) in [7, 11) is 0. The number of aromatic amines is 1. The van der Waals surface area contributed by atoms with Gasteiger partial charge in [-0.1, -0.05) is 120 Å². The molecular weight excluding hydrogens is 614 g/mol. The van der Waals surface area contributed by atoms with Crippen LogP contribution in [-0.4, -0.2) is 49.2 Å². The van der Waals surface area contributed by atoms with E-state index in [0.717, 1.165) is 85.9 Å². The highest BCUT2D eigenvalue weighted by molar-refractivity contribution is 5.70. The van der Waals surface area contributed by atoms with Crippen LogP contribution in [0.3, 0.4) is 0 Å². The number of aliphatic hydroxyl groups is 3. The van der Waals surface area contributed by atoms with Crippen molar-refractivity contribution in [1.82, 2.24) is 4.98 Å². The van der Waals surface area contributed by atoms with Gasteiger partial charge in [-0.05, 0) is 87.0 Å². The molecule has 0 unspecified atom stereocenters. The van der Waals surface area contributed by atoms with Crippen LogP contribution in [0.4, 0.5) is 0 Å². The van der Waals surface area contributed by atoms with Gasteiger partial charge >= 0.3 is 5.97 Å². The summed E-state index contributed by atoms with van der Waals surface area (Å²) in [5, 5.41) is 55.7. The number of H-pyrrole nitrogens is 1. The van der Waals surface area contributed by atoms with E-state index in [4.69, 9.17) is 0 Å². The van der Waals surface area contributed by atoms with Crippen molar-refractivity contribution in [3.05, 3.63) is 77.5 Å². The van der Waals surface area contributed by atoms with Crippen molar-refractivity contribution in [1.29, 1.82) is 0 Å². The Morgan fingerprint density at radius 1 is 0.878 bits per heavy atom. The molecule has 1 heterocycles. The van der Waals surface area contributed by atoms with Gasteiger partial charge in [-0.2, -0.15) is 0 Å². The molecule has 4 rings (SSSR count). The van der Waals surface area contributed by atoms with Crippen LogP contribution < -0.4 is 5.11 Å². The molecule has 5 atom stereocenters. The van der Waals surface area contributed by atoms with Gasteiger partial charge in [-0.3, -0.25) is 4.79 Å². The van der Waals surface area contributed by atoms with Gasteiger partial charge in [-0.25, -0.2) is 0 Å². The van der Waals surface area contributed by atoms with Crippen molar-refractivity contribution in [2.45, 2.75) is 147 Å². The standard InChI is InChI=1S/C42H61NO6/c1-2-3-4-5-11-19-34(44)20-12-6-7-13-21-36(41(47)48)40(46)26-28-42(49)27-15-18-32(42)30-33-24-25-38(43-33)35-22-14-23-39(45)37(35)29-31-16-9-8-10-17-31/h8-10,14,16-17,22-25,32,34,36,40,43-46,49H,2-7,11-13,15,18-21,26-30H2,1H3,(H,47,48)/p-1/t32-,34-,36-,40+,42-/m0/s1. The average molecular weight is 675 g/mol. The maximum atomic E-state index is 12.9. The van der Waals surface area contributed by atoms with Crippen LogP contribution >= 0.6 is 0 Å². The molecular formula is C42H60NO6-.